The summed E-state index contributed by atoms with van der Waals surface area (Å²) in [5.74, 6) is 1.26. The Morgan fingerprint density at radius 3 is 3.13 bits per heavy atom. The van der Waals surface area contributed by atoms with Gasteiger partial charge in [0.05, 0.1) is 24.2 Å². The SMILES string of the molecule is COCCSCC(=O)Nc1cnn(C)c1. The second kappa shape index (κ2) is 6.47. The van der Waals surface area contributed by atoms with Gasteiger partial charge >= 0.3 is 0 Å². The van der Waals surface area contributed by atoms with E-state index in [0.29, 0.717) is 12.4 Å². The largest absolute Gasteiger partial charge is 0.384 e. The van der Waals surface area contributed by atoms with Crippen LogP contribution in [0.5, 0.6) is 0 Å². The van der Waals surface area contributed by atoms with E-state index in [9.17, 15) is 4.79 Å². The minimum atomic E-state index is -0.0101. The molecule has 1 rings (SSSR count). The molecule has 0 bridgehead atoms. The van der Waals surface area contributed by atoms with E-state index in [0.717, 1.165) is 11.4 Å². The number of nitrogens with zero attached hydrogens (tertiary/aromatic N) is 2. The van der Waals surface area contributed by atoms with Gasteiger partial charge < -0.3 is 10.1 Å². The number of rotatable bonds is 6. The molecule has 1 N–H and O–H groups in total. The third-order valence-corrected chi connectivity index (χ3v) is 2.58. The van der Waals surface area contributed by atoms with E-state index in [1.54, 1.807) is 35.9 Å². The predicted octanol–water partition coefficient (Wildman–Crippen LogP) is 0.738. The number of thioether (sulfide) groups is 1. The highest BCUT2D eigenvalue weighted by atomic mass is 32.2. The van der Waals surface area contributed by atoms with Crippen molar-refractivity contribution in [2.75, 3.05) is 30.5 Å². The maximum absolute atomic E-state index is 11.4. The number of hydrogen-bond acceptors (Lipinski definition) is 4. The van der Waals surface area contributed by atoms with Crippen molar-refractivity contribution in [1.82, 2.24) is 9.78 Å². The Morgan fingerprint density at radius 1 is 1.73 bits per heavy atom. The molecule has 0 aliphatic rings. The van der Waals surface area contributed by atoms with E-state index in [-0.39, 0.29) is 5.91 Å². The van der Waals surface area contributed by atoms with Gasteiger partial charge in [0.25, 0.3) is 0 Å². The van der Waals surface area contributed by atoms with E-state index in [1.807, 2.05) is 7.05 Å². The van der Waals surface area contributed by atoms with E-state index in [2.05, 4.69) is 10.4 Å². The number of nitrogens with one attached hydrogen (secondary N) is 1. The van der Waals surface area contributed by atoms with Crippen LogP contribution in [0.25, 0.3) is 0 Å². The fraction of sp³-hybridized carbons (Fsp3) is 0.556. The van der Waals surface area contributed by atoms with Crippen molar-refractivity contribution in [2.45, 2.75) is 0 Å². The second-order valence-corrected chi connectivity index (χ2v) is 4.10. The highest BCUT2D eigenvalue weighted by Gasteiger charge is 2.03. The summed E-state index contributed by atoms with van der Waals surface area (Å²) in [7, 11) is 3.46. The molecule has 1 aromatic rings. The fourth-order valence-electron chi connectivity index (χ4n) is 0.990. The van der Waals surface area contributed by atoms with E-state index < -0.39 is 0 Å². The standard InChI is InChI=1S/C9H15N3O2S/c1-12-6-8(5-10-12)11-9(13)7-15-4-3-14-2/h5-6H,3-4,7H2,1-2H3,(H,11,13). The van der Waals surface area contributed by atoms with Crippen molar-refractivity contribution < 1.29 is 9.53 Å². The summed E-state index contributed by atoms with van der Waals surface area (Å²) in [4.78, 5) is 11.4. The highest BCUT2D eigenvalue weighted by molar-refractivity contribution is 7.99. The Morgan fingerprint density at radius 2 is 2.53 bits per heavy atom. The lowest BCUT2D eigenvalue weighted by molar-refractivity contribution is -0.113. The summed E-state index contributed by atoms with van der Waals surface area (Å²) in [6, 6.07) is 0. The molecule has 0 saturated heterocycles. The van der Waals surface area contributed by atoms with Crippen LogP contribution in [-0.2, 0) is 16.6 Å². The summed E-state index contributed by atoms with van der Waals surface area (Å²) in [6.07, 6.45) is 3.38. The molecule has 0 aromatic carbocycles. The molecule has 84 valence electrons. The number of carbonyl (C=O) groups excluding carboxylic acids is 1. The Hall–Kier alpha value is -1.01. The van der Waals surface area contributed by atoms with E-state index in [1.165, 1.54) is 0 Å². The molecule has 0 aliphatic carbocycles. The van der Waals surface area contributed by atoms with Gasteiger partial charge in [-0.25, -0.2) is 0 Å². The maximum Gasteiger partial charge on any atom is 0.234 e. The molecule has 1 aromatic heterocycles. The summed E-state index contributed by atoms with van der Waals surface area (Å²) in [5.41, 5.74) is 0.731. The zero-order valence-electron chi connectivity index (χ0n) is 8.90. The average molecular weight is 229 g/mol. The van der Waals surface area contributed by atoms with E-state index in [4.69, 9.17) is 4.74 Å². The molecule has 1 heterocycles. The second-order valence-electron chi connectivity index (χ2n) is 3.00. The highest BCUT2D eigenvalue weighted by Crippen LogP contribution is 2.05. The number of aryl methyl sites for hydroxylation is 1. The first kappa shape index (κ1) is 12.1. The molecule has 1 amide bonds. The van der Waals surface area contributed by atoms with Crippen molar-refractivity contribution >= 4 is 23.4 Å². The van der Waals surface area contributed by atoms with Crippen LogP contribution in [0.4, 0.5) is 5.69 Å². The first-order valence-electron chi connectivity index (χ1n) is 4.57. The topological polar surface area (TPSA) is 56.1 Å². The van der Waals surface area contributed by atoms with Gasteiger partial charge in [-0.15, -0.1) is 11.8 Å². The number of amides is 1. The molecule has 6 heteroatoms. The van der Waals surface area contributed by atoms with Gasteiger partial charge in [0.1, 0.15) is 0 Å². The Labute approximate surface area is 93.2 Å². The molecule has 0 unspecified atom stereocenters. The van der Waals surface area contributed by atoms with Crippen LogP contribution in [0.3, 0.4) is 0 Å². The van der Waals surface area contributed by atoms with Gasteiger partial charge in [-0.1, -0.05) is 0 Å². The summed E-state index contributed by atoms with van der Waals surface area (Å²) in [5, 5.41) is 6.71. The summed E-state index contributed by atoms with van der Waals surface area (Å²) >= 11 is 1.55. The minimum Gasteiger partial charge on any atom is -0.384 e. The van der Waals surface area contributed by atoms with E-state index >= 15 is 0 Å². The zero-order valence-corrected chi connectivity index (χ0v) is 9.71. The van der Waals surface area contributed by atoms with Gasteiger partial charge in [0, 0.05) is 26.1 Å². The third-order valence-electron chi connectivity index (χ3n) is 1.65. The number of methoxy groups -OCH3 is 1. The number of anilines is 1. The lowest BCUT2D eigenvalue weighted by atomic mass is 10.5. The van der Waals surface area contributed by atoms with Crippen LogP contribution in [-0.4, -0.2) is 40.9 Å². The van der Waals surface area contributed by atoms with Gasteiger partial charge in [0.2, 0.25) is 5.91 Å². The van der Waals surface area contributed by atoms with Crippen LogP contribution >= 0.6 is 11.8 Å². The van der Waals surface area contributed by atoms with Gasteiger partial charge in [0.15, 0.2) is 0 Å². The molecule has 0 fully saturated rings. The van der Waals surface area contributed by atoms with Gasteiger partial charge in [-0.2, -0.15) is 5.10 Å². The predicted molar refractivity (Wildman–Crippen MR) is 61.0 cm³/mol. The zero-order chi connectivity index (χ0) is 11.1. The molecule has 0 aliphatic heterocycles. The van der Waals surface area contributed by atoms with Crippen molar-refractivity contribution in [2.24, 2.45) is 7.05 Å². The molecule has 0 atom stereocenters. The number of carbonyl (C=O) groups is 1. The van der Waals surface area contributed by atoms with Crippen molar-refractivity contribution in [3.63, 3.8) is 0 Å². The third kappa shape index (κ3) is 4.85. The Bertz CT molecular complexity index is 314. The average Bonchev–Trinajstić information content (AvgIpc) is 2.59. The first-order chi connectivity index (χ1) is 7.22. The molecule has 5 nitrogen and oxygen atoms in total. The smallest absolute Gasteiger partial charge is 0.234 e. The summed E-state index contributed by atoms with van der Waals surface area (Å²) in [6.45, 7) is 0.671. The Kier molecular flexibility index (Phi) is 5.20. The van der Waals surface area contributed by atoms with Crippen LogP contribution in [0, 0.1) is 0 Å². The summed E-state index contributed by atoms with van der Waals surface area (Å²) < 4.78 is 6.53. The van der Waals surface area contributed by atoms with Gasteiger partial charge in [-0.05, 0) is 0 Å². The van der Waals surface area contributed by atoms with Crippen LogP contribution in [0.1, 0.15) is 0 Å². The lowest BCUT2D eigenvalue weighted by Crippen LogP contribution is -2.14. The molecule has 0 saturated carbocycles. The van der Waals surface area contributed by atoms with Crippen molar-refractivity contribution in [1.29, 1.82) is 0 Å². The van der Waals surface area contributed by atoms with Crippen LogP contribution < -0.4 is 5.32 Å². The first-order valence-corrected chi connectivity index (χ1v) is 5.73. The fourth-order valence-corrected chi connectivity index (χ4v) is 1.68. The normalized spacial score (nSPS) is 10.3. The molecular formula is C9H15N3O2S. The molecular weight excluding hydrogens is 214 g/mol. The number of ether oxygens (including phenoxy) is 1. The number of aromatic nitrogens is 2. The molecule has 15 heavy (non-hydrogen) atoms. The molecule has 0 spiro atoms. The van der Waals surface area contributed by atoms with Crippen LogP contribution in [0.15, 0.2) is 12.4 Å². The number of hydrogen-bond donors (Lipinski definition) is 1. The van der Waals surface area contributed by atoms with Crippen molar-refractivity contribution in [3.8, 4) is 0 Å². The van der Waals surface area contributed by atoms with Crippen LogP contribution in [0.2, 0.25) is 0 Å². The minimum absolute atomic E-state index is 0.0101. The van der Waals surface area contributed by atoms with Crippen molar-refractivity contribution in [3.05, 3.63) is 12.4 Å². The lowest BCUT2D eigenvalue weighted by Gasteiger charge is -2.01. The Balaban J connectivity index is 2.18. The molecule has 0 radical (unpaired) electrons. The maximum atomic E-state index is 11.4. The quantitative estimate of drug-likeness (QED) is 0.731. The monoisotopic (exact) mass is 229 g/mol. The van der Waals surface area contributed by atoms with Gasteiger partial charge in [-0.3, -0.25) is 9.48 Å².